The van der Waals surface area contributed by atoms with Crippen LogP contribution in [0.1, 0.15) is 33.4 Å². The van der Waals surface area contributed by atoms with Crippen molar-refractivity contribution in [1.82, 2.24) is 28.7 Å². The summed E-state index contributed by atoms with van der Waals surface area (Å²) in [6.07, 6.45) is 7.92. The van der Waals surface area contributed by atoms with Gasteiger partial charge in [-0.05, 0) is 100 Å². The van der Waals surface area contributed by atoms with E-state index in [1.807, 2.05) is 25.1 Å². The lowest BCUT2D eigenvalue weighted by molar-refractivity contribution is 0.146. The van der Waals surface area contributed by atoms with E-state index in [-0.39, 0.29) is 42.1 Å². The number of phenols is 1. The van der Waals surface area contributed by atoms with Crippen LogP contribution in [-0.2, 0) is 35.4 Å². The molecule has 4 aromatic heterocycles. The Labute approximate surface area is 444 Å². The lowest BCUT2D eigenvalue weighted by atomic mass is 9.77. The fourth-order valence-electron chi connectivity index (χ4n) is 8.11. The number of alkyl halides is 1. The zero-order valence-electron chi connectivity index (χ0n) is 41.2. The van der Waals surface area contributed by atoms with Crippen molar-refractivity contribution < 1.29 is 47.6 Å². The molecule has 0 atom stereocenters. The molecule has 23 heteroatoms. The molecule has 0 bridgehead atoms. The Bertz CT molecular complexity index is 3390. The first-order chi connectivity index (χ1) is 36.3. The Morgan fingerprint density at radius 3 is 1.84 bits per heavy atom. The number of hydrogen-bond donors (Lipinski definition) is 5. The van der Waals surface area contributed by atoms with E-state index >= 15 is 0 Å². The molecule has 5 N–H and O–H groups in total. The highest BCUT2D eigenvalue weighted by atomic mass is 79.9. The third kappa shape index (κ3) is 13.4. The summed E-state index contributed by atoms with van der Waals surface area (Å²) in [6, 6.07) is 16.3. The molecule has 0 amide bonds. The zero-order valence-corrected chi connectivity index (χ0v) is 43.5. The van der Waals surface area contributed by atoms with E-state index in [4.69, 9.17) is 58.8 Å². The first kappa shape index (κ1) is 55.2. The fraction of sp³-hybridized carbons (Fsp3) is 0.269. The van der Waals surface area contributed by atoms with Crippen LogP contribution in [0.3, 0.4) is 0 Å². The third-order valence-corrected chi connectivity index (χ3v) is 12.4. The first-order valence-electron chi connectivity index (χ1n) is 23.2. The van der Waals surface area contributed by atoms with Gasteiger partial charge in [-0.2, -0.15) is 0 Å². The van der Waals surface area contributed by atoms with E-state index in [0.29, 0.717) is 102 Å². The van der Waals surface area contributed by atoms with Gasteiger partial charge in [-0.15, -0.1) is 11.6 Å². The van der Waals surface area contributed by atoms with Crippen molar-refractivity contribution in [2.24, 2.45) is 0 Å². The normalized spacial score (nSPS) is 11.8. The molecule has 6 heterocycles. The van der Waals surface area contributed by atoms with Crippen molar-refractivity contribution in [3.05, 3.63) is 158 Å². The smallest absolute Gasteiger partial charge is 0.488 e. The van der Waals surface area contributed by atoms with E-state index < -0.39 is 7.12 Å². The predicted octanol–water partition coefficient (Wildman–Crippen LogP) is 8.95. The van der Waals surface area contributed by atoms with Gasteiger partial charge in [0.15, 0.2) is 0 Å². The summed E-state index contributed by atoms with van der Waals surface area (Å²) in [5.74, 6) is 3.86. The van der Waals surface area contributed by atoms with Gasteiger partial charge in [-0.1, -0.05) is 35.2 Å². The van der Waals surface area contributed by atoms with Gasteiger partial charge < -0.3 is 59.2 Å². The molecule has 8 aromatic rings. The molecule has 0 spiro atoms. The maximum Gasteiger partial charge on any atom is 0.488 e. The maximum atomic E-state index is 14.6. The second-order valence-corrected chi connectivity index (χ2v) is 17.8. The molecule has 0 aliphatic carbocycles. The molecule has 2 aliphatic heterocycles. The van der Waals surface area contributed by atoms with Crippen LogP contribution in [-0.4, -0.2) is 104 Å². The molecule has 75 heavy (non-hydrogen) atoms. The average Bonchev–Trinajstić information content (AvgIpc) is 4.25. The fourth-order valence-corrected chi connectivity index (χ4v) is 8.64. The molecule has 4 aromatic carbocycles. The molecular weight excluding hydrogens is 1060 g/mol. The van der Waals surface area contributed by atoms with Crippen molar-refractivity contribution in [2.45, 2.75) is 39.8 Å². The minimum absolute atomic E-state index is 0.131. The summed E-state index contributed by atoms with van der Waals surface area (Å²) >= 11 is 8.55. The summed E-state index contributed by atoms with van der Waals surface area (Å²) in [5.41, 5.74) is 7.86. The number of aryl methyl sites for hydroxylation is 2. The van der Waals surface area contributed by atoms with Gasteiger partial charge in [-0.25, -0.2) is 18.7 Å². The third-order valence-electron chi connectivity index (χ3n) is 11.7. The SMILES string of the molecule is COCCCl.Cc1cc(O)ccc1B(O)O.[C-]#[N+]c1cn2c(NCc3c(F)ccc4c3CCO4)ncc(-c3ccc(OCCOC)cc3C)c2n1.[C-]#[N+]c1cn2c(NCc3c(F)ccc4c3CCO4)ncc(Br)c2n1. The molecule has 0 saturated heterocycles. The summed E-state index contributed by atoms with van der Waals surface area (Å²) in [5, 5.41) is 32.9. The molecule has 10 rings (SSSR count). The number of nitrogens with one attached hydrogen (secondary N) is 2. The van der Waals surface area contributed by atoms with Crippen LogP contribution < -0.4 is 30.3 Å². The second-order valence-electron chi connectivity index (χ2n) is 16.6. The molecule has 18 nitrogen and oxygen atoms in total. The largest absolute Gasteiger partial charge is 0.508 e. The minimum Gasteiger partial charge on any atom is -0.508 e. The molecule has 0 radical (unpaired) electrons. The number of halogens is 4. The van der Waals surface area contributed by atoms with Crippen LogP contribution in [0.4, 0.5) is 32.3 Å². The van der Waals surface area contributed by atoms with E-state index in [1.165, 1.54) is 30.3 Å². The topological polar surface area (TPSA) is 200 Å². The maximum absolute atomic E-state index is 14.6. The molecule has 388 valence electrons. The van der Waals surface area contributed by atoms with Crippen LogP contribution >= 0.6 is 27.5 Å². The van der Waals surface area contributed by atoms with Gasteiger partial charge in [0.05, 0.1) is 38.2 Å². The van der Waals surface area contributed by atoms with Crippen molar-refractivity contribution >= 4 is 74.9 Å². The summed E-state index contributed by atoms with van der Waals surface area (Å²) < 4.78 is 59.2. The van der Waals surface area contributed by atoms with Crippen molar-refractivity contribution in [3.63, 3.8) is 0 Å². The molecular formula is C52H51BBrClF2N10O8. The van der Waals surface area contributed by atoms with Crippen LogP contribution in [0.5, 0.6) is 23.0 Å². The van der Waals surface area contributed by atoms with E-state index in [1.54, 1.807) is 66.9 Å². The summed E-state index contributed by atoms with van der Waals surface area (Å²) in [7, 11) is 1.80. The number of imidazole rings is 2. The van der Waals surface area contributed by atoms with Crippen LogP contribution in [0.25, 0.3) is 32.1 Å². The Hall–Kier alpha value is -7.57. The van der Waals surface area contributed by atoms with Gasteiger partial charge >= 0.3 is 7.12 Å². The van der Waals surface area contributed by atoms with Gasteiger partial charge in [0.25, 0.3) is 11.6 Å². The van der Waals surface area contributed by atoms with Crippen molar-refractivity contribution in [2.75, 3.05) is 63.8 Å². The number of fused-ring (bicyclic) bond motifs is 4. The van der Waals surface area contributed by atoms with Crippen LogP contribution in [0, 0.1) is 38.6 Å². The Balaban J connectivity index is 0.000000176. The number of aromatic nitrogens is 6. The number of ether oxygens (including phenoxy) is 5. The number of aromatic hydroxyl groups is 1. The Morgan fingerprint density at radius 1 is 0.747 bits per heavy atom. The average molecular weight is 1110 g/mol. The standard InChI is InChI=1S/C26H24FN5O3.C16H11BrFN5O.C7H9BO3.C3H7ClO/c1-16-12-17(34-11-10-33-3)4-5-18(16)21-14-30-26(32-15-24(28-2)31-25(21)32)29-13-20-19-8-9-35-23(19)7-6-22(20)27;1-19-14-8-23-15(22-14)11(17)7-21-16(23)20-6-10-9-4-5-24-13(9)3-2-12(10)18;1-5-4-6(9)2-3-7(5)8(10)11;1-5-3-2-4/h4-7,12,14-15H,8-11,13H2,1,3H3,(H,29,30);2-3,7-8H,4-6H2,(H,20,21);2-4,9-11H,1H3;2-3H2,1H3. The van der Waals surface area contributed by atoms with Crippen molar-refractivity contribution in [3.8, 4) is 34.1 Å². The van der Waals surface area contributed by atoms with Gasteiger partial charge in [0.1, 0.15) is 45.7 Å². The van der Waals surface area contributed by atoms with E-state index in [9.17, 15) is 8.78 Å². The predicted molar refractivity (Wildman–Crippen MR) is 285 cm³/mol. The Morgan fingerprint density at radius 2 is 1.32 bits per heavy atom. The monoisotopic (exact) mass is 1110 g/mol. The molecule has 0 unspecified atom stereocenters. The second kappa shape index (κ2) is 26.1. The van der Waals surface area contributed by atoms with Crippen LogP contribution in [0.15, 0.2) is 89.9 Å². The highest BCUT2D eigenvalue weighted by Crippen LogP contribution is 2.35. The number of anilines is 2. The minimum atomic E-state index is -1.46. The number of benzene rings is 4. The highest BCUT2D eigenvalue weighted by molar-refractivity contribution is 9.10. The van der Waals surface area contributed by atoms with Crippen LogP contribution in [0.2, 0.25) is 0 Å². The lowest BCUT2D eigenvalue weighted by Crippen LogP contribution is -2.31. The van der Waals surface area contributed by atoms with Gasteiger partial charge in [0.2, 0.25) is 23.2 Å². The zero-order chi connectivity index (χ0) is 53.6. The van der Waals surface area contributed by atoms with E-state index in [0.717, 1.165) is 45.1 Å². The summed E-state index contributed by atoms with van der Waals surface area (Å²) in [6.45, 7) is 21.5. The number of methoxy groups -OCH3 is 2. The lowest BCUT2D eigenvalue weighted by Gasteiger charge is -2.13. The van der Waals surface area contributed by atoms with Gasteiger partial charge in [-0.3, -0.25) is 8.80 Å². The highest BCUT2D eigenvalue weighted by Gasteiger charge is 2.23. The molecule has 2 aliphatic rings. The van der Waals surface area contributed by atoms with Crippen molar-refractivity contribution in [1.29, 1.82) is 0 Å². The number of nitrogens with zero attached hydrogens (tertiary/aromatic N) is 8. The van der Waals surface area contributed by atoms with E-state index in [2.05, 4.69) is 60.9 Å². The Kier molecular flexibility index (Phi) is 19.2. The number of rotatable bonds is 14. The summed E-state index contributed by atoms with van der Waals surface area (Å²) in [4.78, 5) is 24.5. The molecule has 0 saturated carbocycles. The number of phenolic OH excluding ortho intramolecular Hbond substituents is 1. The quantitative estimate of drug-likeness (QED) is 0.0299. The molecule has 0 fully saturated rings. The van der Waals surface area contributed by atoms with Gasteiger partial charge in [0, 0.05) is 86.9 Å². The number of hydrogen-bond acceptors (Lipinski definition) is 14. The first-order valence-corrected chi connectivity index (χ1v) is 24.5.